The Balaban J connectivity index is 1.62. The quantitative estimate of drug-likeness (QED) is 0.919. The van der Waals surface area contributed by atoms with Gasteiger partial charge in [-0.15, -0.1) is 0 Å². The summed E-state index contributed by atoms with van der Waals surface area (Å²) in [7, 11) is -2.94. The van der Waals surface area contributed by atoms with Gasteiger partial charge in [-0.2, -0.15) is 0 Å². The highest BCUT2D eigenvalue weighted by atomic mass is 32.2. The predicted molar refractivity (Wildman–Crippen MR) is 80.3 cm³/mol. The molecule has 1 saturated carbocycles. The van der Waals surface area contributed by atoms with Crippen molar-refractivity contribution in [3.63, 3.8) is 0 Å². The summed E-state index contributed by atoms with van der Waals surface area (Å²) in [6.45, 7) is 0.944. The van der Waals surface area contributed by atoms with E-state index in [-0.39, 0.29) is 18.1 Å². The third-order valence-electron chi connectivity index (χ3n) is 4.29. The molecule has 1 heterocycles. The van der Waals surface area contributed by atoms with Crippen LogP contribution in [0.15, 0.2) is 18.2 Å². The molecule has 3 rings (SSSR count). The van der Waals surface area contributed by atoms with Crippen molar-refractivity contribution in [2.24, 2.45) is 0 Å². The third-order valence-corrected chi connectivity index (χ3v) is 5.93. The topological polar surface area (TPSA) is 64.6 Å². The second kappa shape index (κ2) is 5.85. The number of hydrogen-bond acceptors (Lipinski definition) is 5. The summed E-state index contributed by atoms with van der Waals surface area (Å²) in [4.78, 5) is 0. The largest absolute Gasteiger partial charge is 0.454 e. The van der Waals surface area contributed by atoms with Crippen molar-refractivity contribution in [1.29, 1.82) is 0 Å². The van der Waals surface area contributed by atoms with Crippen LogP contribution in [0, 0.1) is 0 Å². The Hall–Kier alpha value is -1.27. The Morgan fingerprint density at radius 1 is 1.29 bits per heavy atom. The zero-order chi connectivity index (χ0) is 14.9. The van der Waals surface area contributed by atoms with Gasteiger partial charge in [0.1, 0.15) is 9.84 Å². The minimum absolute atomic E-state index is 0.204. The minimum Gasteiger partial charge on any atom is -0.454 e. The molecular weight excluding hydrogens is 290 g/mol. The summed E-state index contributed by atoms with van der Waals surface area (Å²) < 4.78 is 34.2. The SMILES string of the molecule is CS(=O)(=O)C1CCCC(NCc2cccc3c2OCO3)C1. The van der Waals surface area contributed by atoms with Crippen LogP contribution in [-0.2, 0) is 16.4 Å². The molecule has 116 valence electrons. The number of hydrogen-bond donors (Lipinski definition) is 1. The maximum Gasteiger partial charge on any atom is 0.231 e. The second-order valence-corrected chi connectivity index (χ2v) is 8.17. The number of fused-ring (bicyclic) bond motifs is 1. The molecule has 1 fully saturated rings. The van der Waals surface area contributed by atoms with E-state index in [4.69, 9.17) is 9.47 Å². The lowest BCUT2D eigenvalue weighted by Crippen LogP contribution is -2.38. The first-order chi connectivity index (χ1) is 10.0. The molecule has 0 saturated heterocycles. The summed E-state index contributed by atoms with van der Waals surface area (Å²) in [5.41, 5.74) is 1.06. The Labute approximate surface area is 125 Å². The van der Waals surface area contributed by atoms with E-state index in [9.17, 15) is 8.42 Å². The number of para-hydroxylation sites is 1. The van der Waals surface area contributed by atoms with Crippen LogP contribution >= 0.6 is 0 Å². The lowest BCUT2D eigenvalue weighted by Gasteiger charge is -2.28. The average Bonchev–Trinajstić information content (AvgIpc) is 2.93. The van der Waals surface area contributed by atoms with Gasteiger partial charge in [-0.05, 0) is 25.3 Å². The summed E-state index contributed by atoms with van der Waals surface area (Å²) >= 11 is 0. The summed E-state index contributed by atoms with van der Waals surface area (Å²) in [5, 5.41) is 3.27. The molecule has 1 aliphatic carbocycles. The van der Waals surface area contributed by atoms with Crippen molar-refractivity contribution >= 4 is 9.84 Å². The maximum atomic E-state index is 11.7. The predicted octanol–water partition coefficient (Wildman–Crippen LogP) is 1.86. The van der Waals surface area contributed by atoms with E-state index >= 15 is 0 Å². The Bertz CT molecular complexity index is 614. The highest BCUT2D eigenvalue weighted by Gasteiger charge is 2.28. The average molecular weight is 311 g/mol. The van der Waals surface area contributed by atoms with Crippen LogP contribution in [0.2, 0.25) is 0 Å². The molecule has 2 unspecified atom stereocenters. The summed E-state index contributed by atoms with van der Waals surface area (Å²) in [5.74, 6) is 1.59. The van der Waals surface area contributed by atoms with Gasteiger partial charge in [-0.1, -0.05) is 18.6 Å². The van der Waals surface area contributed by atoms with Crippen molar-refractivity contribution in [3.8, 4) is 11.5 Å². The van der Waals surface area contributed by atoms with Crippen molar-refractivity contribution in [1.82, 2.24) is 5.32 Å². The molecule has 2 atom stereocenters. The highest BCUT2D eigenvalue weighted by molar-refractivity contribution is 7.91. The smallest absolute Gasteiger partial charge is 0.231 e. The summed E-state index contributed by atoms with van der Waals surface area (Å²) in [6, 6.07) is 6.10. The van der Waals surface area contributed by atoms with E-state index in [1.807, 2.05) is 18.2 Å². The van der Waals surface area contributed by atoms with Crippen molar-refractivity contribution in [2.45, 2.75) is 43.5 Å². The van der Waals surface area contributed by atoms with Gasteiger partial charge in [0.15, 0.2) is 11.5 Å². The van der Waals surface area contributed by atoms with E-state index in [2.05, 4.69) is 5.32 Å². The van der Waals surface area contributed by atoms with E-state index in [1.54, 1.807) is 0 Å². The molecule has 1 aromatic rings. The number of sulfone groups is 1. The first kappa shape index (κ1) is 14.7. The molecule has 0 bridgehead atoms. The first-order valence-corrected chi connectivity index (χ1v) is 9.29. The van der Waals surface area contributed by atoms with Crippen LogP contribution in [0.25, 0.3) is 0 Å². The van der Waals surface area contributed by atoms with Crippen molar-refractivity contribution in [3.05, 3.63) is 23.8 Å². The van der Waals surface area contributed by atoms with Gasteiger partial charge >= 0.3 is 0 Å². The van der Waals surface area contributed by atoms with Crippen molar-refractivity contribution < 1.29 is 17.9 Å². The Morgan fingerprint density at radius 2 is 2.14 bits per heavy atom. The molecule has 6 heteroatoms. The fourth-order valence-electron chi connectivity index (χ4n) is 3.10. The van der Waals surface area contributed by atoms with Crippen molar-refractivity contribution in [2.75, 3.05) is 13.0 Å². The van der Waals surface area contributed by atoms with Gasteiger partial charge in [0, 0.05) is 24.4 Å². The van der Waals surface area contributed by atoms with Gasteiger partial charge < -0.3 is 14.8 Å². The molecular formula is C15H21NO4S. The van der Waals surface area contributed by atoms with Gasteiger partial charge in [0.25, 0.3) is 0 Å². The molecule has 21 heavy (non-hydrogen) atoms. The molecule has 0 radical (unpaired) electrons. The Kier molecular flexibility index (Phi) is 4.08. The van der Waals surface area contributed by atoms with E-state index in [1.165, 1.54) is 6.26 Å². The van der Waals surface area contributed by atoms with Gasteiger partial charge in [0.05, 0.1) is 5.25 Å². The zero-order valence-electron chi connectivity index (χ0n) is 12.2. The number of nitrogens with one attached hydrogen (secondary N) is 1. The third kappa shape index (κ3) is 3.32. The molecule has 1 N–H and O–H groups in total. The van der Waals surface area contributed by atoms with E-state index < -0.39 is 9.84 Å². The van der Waals surface area contributed by atoms with Crippen LogP contribution in [0.1, 0.15) is 31.2 Å². The second-order valence-electron chi connectivity index (χ2n) is 5.85. The monoisotopic (exact) mass is 311 g/mol. The normalized spacial score (nSPS) is 25.0. The molecule has 0 aromatic heterocycles. The van der Waals surface area contributed by atoms with Crippen LogP contribution in [0.3, 0.4) is 0 Å². The fourth-order valence-corrected chi connectivity index (χ4v) is 4.28. The van der Waals surface area contributed by atoms with Crippen LogP contribution in [-0.4, -0.2) is 32.8 Å². The van der Waals surface area contributed by atoms with Crippen LogP contribution < -0.4 is 14.8 Å². The zero-order valence-corrected chi connectivity index (χ0v) is 13.0. The highest BCUT2D eigenvalue weighted by Crippen LogP contribution is 2.35. The molecule has 0 spiro atoms. The molecule has 1 aromatic carbocycles. The van der Waals surface area contributed by atoms with Gasteiger partial charge in [0.2, 0.25) is 6.79 Å². The van der Waals surface area contributed by atoms with Gasteiger partial charge in [-0.3, -0.25) is 0 Å². The van der Waals surface area contributed by atoms with E-state index in [0.29, 0.717) is 13.0 Å². The summed E-state index contributed by atoms with van der Waals surface area (Å²) in [6.07, 6.45) is 4.82. The van der Waals surface area contributed by atoms with Crippen LogP contribution in [0.5, 0.6) is 11.5 Å². The molecule has 5 nitrogen and oxygen atoms in total. The first-order valence-electron chi connectivity index (χ1n) is 7.34. The maximum absolute atomic E-state index is 11.7. The number of ether oxygens (including phenoxy) is 2. The fraction of sp³-hybridized carbons (Fsp3) is 0.600. The molecule has 2 aliphatic rings. The van der Waals surface area contributed by atoms with Gasteiger partial charge in [-0.25, -0.2) is 8.42 Å². The Morgan fingerprint density at radius 3 is 2.95 bits per heavy atom. The standard InChI is InChI=1S/C15H21NO4S/c1-21(17,18)13-6-3-5-12(8-13)16-9-11-4-2-7-14-15(11)20-10-19-14/h2,4,7,12-13,16H,3,5-6,8-10H2,1H3. The number of rotatable bonds is 4. The van der Waals surface area contributed by atoms with E-state index in [0.717, 1.165) is 36.3 Å². The molecule has 1 aliphatic heterocycles. The van der Waals surface area contributed by atoms with Crippen LogP contribution in [0.4, 0.5) is 0 Å². The minimum atomic E-state index is -2.94. The number of benzene rings is 1. The lowest BCUT2D eigenvalue weighted by molar-refractivity contribution is 0.173. The molecule has 0 amide bonds. The lowest BCUT2D eigenvalue weighted by atomic mass is 9.95.